The predicted molar refractivity (Wildman–Crippen MR) is 157 cm³/mol. The lowest BCUT2D eigenvalue weighted by Crippen LogP contribution is -2.47. The van der Waals surface area contributed by atoms with Crippen LogP contribution in [-0.4, -0.2) is 76.6 Å². The predicted octanol–water partition coefficient (Wildman–Crippen LogP) is 5.20. The maximum Gasteiger partial charge on any atom is 0.255 e. The quantitative estimate of drug-likeness (QED) is 0.334. The molecule has 0 spiro atoms. The number of carbonyl (C=O) groups is 2. The first-order valence-electron chi connectivity index (χ1n) is 13.7. The number of nitrogens with one attached hydrogen (secondary N) is 2. The van der Waals surface area contributed by atoms with E-state index in [1.807, 2.05) is 42.5 Å². The summed E-state index contributed by atoms with van der Waals surface area (Å²) >= 11 is 0. The number of nitrogens with zero attached hydrogens (tertiary/aromatic N) is 4. The van der Waals surface area contributed by atoms with Crippen LogP contribution in [0.5, 0.6) is 5.75 Å². The first-order chi connectivity index (χ1) is 19.3. The number of piperidine rings is 1. The van der Waals surface area contributed by atoms with Crippen LogP contribution in [-0.2, 0) is 4.79 Å². The number of hydrogen-bond donors (Lipinski definition) is 2. The molecule has 208 valence electrons. The van der Waals surface area contributed by atoms with Gasteiger partial charge < -0.3 is 15.0 Å². The van der Waals surface area contributed by atoms with Crippen LogP contribution in [0.15, 0.2) is 54.7 Å². The third kappa shape index (κ3) is 5.42. The number of hydrogen-bond acceptors (Lipinski definition) is 6. The van der Waals surface area contributed by atoms with Crippen LogP contribution in [0.4, 0.5) is 5.69 Å². The van der Waals surface area contributed by atoms with E-state index in [0.717, 1.165) is 46.4 Å². The molecule has 1 fully saturated rings. The van der Waals surface area contributed by atoms with Crippen molar-refractivity contribution >= 4 is 28.5 Å². The van der Waals surface area contributed by atoms with Gasteiger partial charge in [-0.25, -0.2) is 4.98 Å². The number of aromatic amines is 1. The second kappa shape index (κ2) is 11.5. The maximum absolute atomic E-state index is 13.2. The number of methoxy groups -OCH3 is 1. The fourth-order valence-corrected chi connectivity index (χ4v) is 5.51. The van der Waals surface area contributed by atoms with Gasteiger partial charge in [0, 0.05) is 48.9 Å². The molecule has 2 aromatic carbocycles. The van der Waals surface area contributed by atoms with Crippen LogP contribution in [0.3, 0.4) is 0 Å². The number of H-pyrrole nitrogens is 1. The normalized spacial score (nSPS) is 17.5. The Morgan fingerprint density at radius 1 is 1.07 bits per heavy atom. The number of fused-ring (bicyclic) bond motifs is 1. The summed E-state index contributed by atoms with van der Waals surface area (Å²) in [6, 6.07) is 16.0. The first kappa shape index (κ1) is 27.3. The number of aromatic nitrogens is 3. The van der Waals surface area contributed by atoms with Crippen molar-refractivity contribution in [2.75, 3.05) is 33.1 Å². The topological polar surface area (TPSA) is 103 Å². The van der Waals surface area contributed by atoms with Gasteiger partial charge in [-0.2, -0.15) is 5.10 Å². The molecule has 9 nitrogen and oxygen atoms in total. The molecule has 0 aliphatic carbocycles. The smallest absolute Gasteiger partial charge is 0.255 e. The summed E-state index contributed by atoms with van der Waals surface area (Å²) in [5.41, 5.74) is 4.82. The molecule has 5 rings (SSSR count). The molecule has 4 aromatic rings. The number of likely N-dealkylation sites (tertiary alicyclic amines) is 1. The summed E-state index contributed by atoms with van der Waals surface area (Å²) in [6.45, 7) is 4.64. The van der Waals surface area contributed by atoms with Crippen molar-refractivity contribution in [3.05, 3.63) is 60.3 Å². The lowest BCUT2D eigenvalue weighted by molar-refractivity contribution is -0.118. The zero-order valence-corrected chi connectivity index (χ0v) is 23.7. The molecule has 2 N–H and O–H groups in total. The summed E-state index contributed by atoms with van der Waals surface area (Å²) in [6.07, 6.45) is 5.10. The van der Waals surface area contributed by atoms with Gasteiger partial charge in [0.15, 0.2) is 5.65 Å². The average Bonchev–Trinajstić information content (AvgIpc) is 3.38. The number of para-hydroxylation sites is 1. The molecular formula is C31H36N6O3. The molecule has 0 bridgehead atoms. The van der Waals surface area contributed by atoms with Gasteiger partial charge in [0.1, 0.15) is 5.75 Å². The SMILES string of the molecule is COc1ccccc1-c1[nH]nc2ncc(-c3ccc(NC(=O)CN4C(C)CCCC4C)c(C(=O)N(C)C)c3)cc12. The number of pyridine rings is 1. The van der Waals surface area contributed by atoms with E-state index in [-0.39, 0.29) is 11.8 Å². The van der Waals surface area contributed by atoms with Gasteiger partial charge >= 0.3 is 0 Å². The highest BCUT2D eigenvalue weighted by atomic mass is 16.5. The molecule has 0 saturated carbocycles. The molecule has 0 radical (unpaired) electrons. The highest BCUT2D eigenvalue weighted by Crippen LogP contribution is 2.35. The van der Waals surface area contributed by atoms with E-state index in [1.54, 1.807) is 33.5 Å². The first-order valence-corrected chi connectivity index (χ1v) is 13.7. The third-order valence-electron chi connectivity index (χ3n) is 7.75. The summed E-state index contributed by atoms with van der Waals surface area (Å²) in [5, 5.41) is 11.3. The summed E-state index contributed by atoms with van der Waals surface area (Å²) in [5.74, 6) is 0.416. The van der Waals surface area contributed by atoms with E-state index >= 15 is 0 Å². The summed E-state index contributed by atoms with van der Waals surface area (Å²) in [7, 11) is 5.05. The molecule has 40 heavy (non-hydrogen) atoms. The molecule has 2 aromatic heterocycles. The van der Waals surface area contributed by atoms with Gasteiger partial charge in [-0.1, -0.05) is 24.6 Å². The van der Waals surface area contributed by atoms with Gasteiger partial charge in [0.25, 0.3) is 5.91 Å². The largest absolute Gasteiger partial charge is 0.496 e. The molecule has 9 heteroatoms. The molecule has 2 unspecified atom stereocenters. The Bertz CT molecular complexity index is 1540. The highest BCUT2D eigenvalue weighted by molar-refractivity contribution is 6.05. The lowest BCUT2D eigenvalue weighted by Gasteiger charge is -2.38. The van der Waals surface area contributed by atoms with Crippen LogP contribution in [0.1, 0.15) is 43.5 Å². The van der Waals surface area contributed by atoms with E-state index in [4.69, 9.17) is 4.74 Å². The van der Waals surface area contributed by atoms with Crippen molar-refractivity contribution in [1.82, 2.24) is 25.0 Å². The summed E-state index contributed by atoms with van der Waals surface area (Å²) < 4.78 is 5.55. The molecule has 1 saturated heterocycles. The van der Waals surface area contributed by atoms with E-state index in [0.29, 0.717) is 35.5 Å². The van der Waals surface area contributed by atoms with Gasteiger partial charge in [0.2, 0.25) is 5.91 Å². The van der Waals surface area contributed by atoms with Gasteiger partial charge in [-0.15, -0.1) is 0 Å². The average molecular weight is 541 g/mol. The van der Waals surface area contributed by atoms with Crippen molar-refractivity contribution in [3.8, 4) is 28.1 Å². The number of anilines is 1. The number of amides is 2. The fourth-order valence-electron chi connectivity index (χ4n) is 5.51. The van der Waals surface area contributed by atoms with E-state index in [1.165, 1.54) is 11.3 Å². The highest BCUT2D eigenvalue weighted by Gasteiger charge is 2.27. The van der Waals surface area contributed by atoms with Crippen molar-refractivity contribution in [3.63, 3.8) is 0 Å². The number of benzene rings is 2. The van der Waals surface area contributed by atoms with Crippen molar-refractivity contribution < 1.29 is 14.3 Å². The van der Waals surface area contributed by atoms with Gasteiger partial charge in [-0.3, -0.25) is 19.6 Å². The van der Waals surface area contributed by atoms with Gasteiger partial charge in [-0.05, 0) is 62.6 Å². The molecule has 3 heterocycles. The van der Waals surface area contributed by atoms with Crippen LogP contribution in [0, 0.1) is 0 Å². The second-order valence-electron chi connectivity index (χ2n) is 10.7. The number of ether oxygens (including phenoxy) is 1. The fraction of sp³-hybridized carbons (Fsp3) is 0.355. The monoisotopic (exact) mass is 540 g/mol. The molecule has 1 aliphatic heterocycles. The van der Waals surface area contributed by atoms with Crippen molar-refractivity contribution in [2.24, 2.45) is 0 Å². The van der Waals surface area contributed by atoms with Crippen molar-refractivity contribution in [1.29, 1.82) is 0 Å². The Morgan fingerprint density at radius 2 is 1.82 bits per heavy atom. The third-order valence-corrected chi connectivity index (χ3v) is 7.75. The zero-order chi connectivity index (χ0) is 28.4. The van der Waals surface area contributed by atoms with E-state index < -0.39 is 0 Å². The lowest BCUT2D eigenvalue weighted by atomic mass is 9.97. The maximum atomic E-state index is 13.2. The standard InChI is InChI=1S/C31H36N6O3/c1-19-9-8-10-20(2)37(19)18-28(38)33-26-14-13-21(15-24(26)31(39)36(3)4)22-16-25-29(34-35-30(25)32-17-22)23-11-6-7-12-27(23)40-5/h6-7,11-17,19-20H,8-10,18H2,1-5H3,(H,33,38)(H,32,34,35). The number of rotatable bonds is 7. The van der Waals surface area contributed by atoms with Crippen LogP contribution >= 0.6 is 0 Å². The summed E-state index contributed by atoms with van der Waals surface area (Å²) in [4.78, 5) is 34.7. The Kier molecular flexibility index (Phi) is 7.84. The Hall–Kier alpha value is -4.24. The zero-order valence-electron chi connectivity index (χ0n) is 23.7. The molecular weight excluding hydrogens is 504 g/mol. The molecule has 1 aliphatic rings. The minimum absolute atomic E-state index is 0.121. The van der Waals surface area contributed by atoms with E-state index in [9.17, 15) is 9.59 Å². The van der Waals surface area contributed by atoms with Gasteiger partial charge in [0.05, 0.1) is 30.6 Å². The number of carbonyl (C=O) groups excluding carboxylic acids is 2. The second-order valence-corrected chi connectivity index (χ2v) is 10.7. The Labute approximate surface area is 234 Å². The minimum atomic E-state index is -0.191. The molecule has 2 atom stereocenters. The Morgan fingerprint density at radius 3 is 2.55 bits per heavy atom. The minimum Gasteiger partial charge on any atom is -0.496 e. The Balaban J connectivity index is 1.48. The molecule has 2 amide bonds. The van der Waals surface area contributed by atoms with Crippen LogP contribution in [0.2, 0.25) is 0 Å². The van der Waals surface area contributed by atoms with Crippen molar-refractivity contribution in [2.45, 2.75) is 45.2 Å². The van der Waals surface area contributed by atoms with Crippen LogP contribution < -0.4 is 10.1 Å². The van der Waals surface area contributed by atoms with Crippen LogP contribution in [0.25, 0.3) is 33.4 Å². The van der Waals surface area contributed by atoms with E-state index in [2.05, 4.69) is 39.2 Å².